The van der Waals surface area contributed by atoms with Gasteiger partial charge in [-0.05, 0) is 29.3 Å². The standard InChI is InChI=1S/C15H14N2O3S/c1-21(19,20)17-11-8-6-10(7-9-11)14-12-4-2-3-5-13(12)16-15(14)18/h2-9,14,17H,1H3,(H,16,18). The van der Waals surface area contributed by atoms with Crippen LogP contribution in [-0.2, 0) is 14.8 Å². The van der Waals surface area contributed by atoms with Crippen molar-refractivity contribution in [3.8, 4) is 0 Å². The molecule has 1 heterocycles. The van der Waals surface area contributed by atoms with Gasteiger partial charge in [-0.1, -0.05) is 30.3 Å². The topological polar surface area (TPSA) is 75.3 Å². The number of benzene rings is 2. The van der Waals surface area contributed by atoms with E-state index in [-0.39, 0.29) is 11.8 Å². The zero-order valence-corrected chi connectivity index (χ0v) is 12.1. The number of amides is 1. The van der Waals surface area contributed by atoms with Gasteiger partial charge in [-0.3, -0.25) is 9.52 Å². The zero-order chi connectivity index (χ0) is 15.0. The van der Waals surface area contributed by atoms with Gasteiger partial charge in [-0.25, -0.2) is 8.42 Å². The highest BCUT2D eigenvalue weighted by atomic mass is 32.2. The minimum Gasteiger partial charge on any atom is -0.325 e. The molecule has 2 aromatic carbocycles. The summed E-state index contributed by atoms with van der Waals surface area (Å²) < 4.78 is 24.8. The maximum Gasteiger partial charge on any atom is 0.236 e. The lowest BCUT2D eigenvalue weighted by molar-refractivity contribution is -0.116. The van der Waals surface area contributed by atoms with Crippen LogP contribution < -0.4 is 10.0 Å². The number of para-hydroxylation sites is 1. The van der Waals surface area contributed by atoms with E-state index >= 15 is 0 Å². The van der Waals surface area contributed by atoms with Crippen molar-refractivity contribution in [2.75, 3.05) is 16.3 Å². The molecule has 1 aliphatic heterocycles. The summed E-state index contributed by atoms with van der Waals surface area (Å²) in [6.07, 6.45) is 1.10. The minimum absolute atomic E-state index is 0.0694. The van der Waals surface area contributed by atoms with Gasteiger partial charge in [0.2, 0.25) is 15.9 Å². The van der Waals surface area contributed by atoms with E-state index in [2.05, 4.69) is 10.0 Å². The summed E-state index contributed by atoms with van der Waals surface area (Å²) in [5.41, 5.74) is 3.07. The van der Waals surface area contributed by atoms with Crippen LogP contribution in [0.4, 0.5) is 11.4 Å². The third-order valence-corrected chi connectivity index (χ3v) is 3.95. The Morgan fingerprint density at radius 2 is 1.71 bits per heavy atom. The smallest absolute Gasteiger partial charge is 0.236 e. The summed E-state index contributed by atoms with van der Waals surface area (Å²) in [7, 11) is -3.30. The lowest BCUT2D eigenvalue weighted by Crippen LogP contribution is -2.13. The van der Waals surface area contributed by atoms with E-state index < -0.39 is 10.0 Å². The van der Waals surface area contributed by atoms with Crippen molar-refractivity contribution in [3.05, 3.63) is 59.7 Å². The molecule has 1 atom stereocenters. The monoisotopic (exact) mass is 302 g/mol. The van der Waals surface area contributed by atoms with Gasteiger partial charge in [0.1, 0.15) is 0 Å². The van der Waals surface area contributed by atoms with Crippen molar-refractivity contribution in [2.45, 2.75) is 5.92 Å². The Morgan fingerprint density at radius 1 is 1.05 bits per heavy atom. The molecule has 2 aromatic rings. The average Bonchev–Trinajstić information content (AvgIpc) is 2.74. The van der Waals surface area contributed by atoms with E-state index in [1.54, 1.807) is 24.3 Å². The molecule has 0 aliphatic carbocycles. The highest BCUT2D eigenvalue weighted by Gasteiger charge is 2.31. The Labute approximate surface area is 123 Å². The molecule has 0 saturated carbocycles. The third kappa shape index (κ3) is 2.75. The molecule has 1 amide bonds. The van der Waals surface area contributed by atoms with E-state index in [0.717, 1.165) is 23.1 Å². The first kappa shape index (κ1) is 13.6. The number of carbonyl (C=O) groups excluding carboxylic acids is 1. The van der Waals surface area contributed by atoms with E-state index in [1.807, 2.05) is 24.3 Å². The first-order valence-electron chi connectivity index (χ1n) is 6.41. The SMILES string of the molecule is CS(=O)(=O)Nc1ccc(C2C(=O)Nc3ccccc32)cc1. The van der Waals surface area contributed by atoms with Crippen molar-refractivity contribution in [2.24, 2.45) is 0 Å². The summed E-state index contributed by atoms with van der Waals surface area (Å²) in [5, 5.41) is 2.85. The molecular weight excluding hydrogens is 288 g/mol. The van der Waals surface area contributed by atoms with Crippen molar-refractivity contribution < 1.29 is 13.2 Å². The number of rotatable bonds is 3. The van der Waals surface area contributed by atoms with E-state index in [9.17, 15) is 13.2 Å². The number of nitrogens with one attached hydrogen (secondary N) is 2. The van der Waals surface area contributed by atoms with E-state index in [0.29, 0.717) is 5.69 Å². The van der Waals surface area contributed by atoms with Crippen LogP contribution in [0.2, 0.25) is 0 Å². The third-order valence-electron chi connectivity index (χ3n) is 3.34. The Morgan fingerprint density at radius 3 is 2.38 bits per heavy atom. The first-order valence-corrected chi connectivity index (χ1v) is 8.31. The molecule has 1 unspecified atom stereocenters. The first-order chi connectivity index (χ1) is 9.94. The minimum atomic E-state index is -3.30. The van der Waals surface area contributed by atoms with Crippen LogP contribution in [0.15, 0.2) is 48.5 Å². The van der Waals surface area contributed by atoms with Crippen LogP contribution in [-0.4, -0.2) is 20.6 Å². The fraction of sp³-hybridized carbons (Fsp3) is 0.133. The molecule has 0 spiro atoms. The Balaban J connectivity index is 1.93. The maximum atomic E-state index is 12.1. The lowest BCUT2D eigenvalue weighted by atomic mass is 9.92. The van der Waals surface area contributed by atoms with Gasteiger partial charge < -0.3 is 5.32 Å². The van der Waals surface area contributed by atoms with Crippen LogP contribution in [0, 0.1) is 0 Å². The van der Waals surface area contributed by atoms with Gasteiger partial charge in [0, 0.05) is 11.4 Å². The molecule has 5 nitrogen and oxygen atoms in total. The van der Waals surface area contributed by atoms with E-state index in [1.165, 1.54) is 0 Å². The summed E-state index contributed by atoms with van der Waals surface area (Å²) >= 11 is 0. The molecule has 108 valence electrons. The van der Waals surface area contributed by atoms with Gasteiger partial charge in [-0.15, -0.1) is 0 Å². The molecule has 0 saturated heterocycles. The summed E-state index contributed by atoms with van der Waals surface area (Å²) in [5.74, 6) is -0.423. The second-order valence-corrected chi connectivity index (χ2v) is 6.75. The highest BCUT2D eigenvalue weighted by molar-refractivity contribution is 7.92. The predicted octanol–water partition coefficient (Wildman–Crippen LogP) is 2.14. The molecule has 3 rings (SSSR count). The highest BCUT2D eigenvalue weighted by Crippen LogP contribution is 2.37. The number of fused-ring (bicyclic) bond motifs is 1. The Hall–Kier alpha value is -2.34. The second-order valence-electron chi connectivity index (χ2n) is 5.01. The number of sulfonamides is 1. The Kier molecular flexibility index (Phi) is 3.17. The fourth-order valence-electron chi connectivity index (χ4n) is 2.50. The molecule has 0 bridgehead atoms. The molecule has 0 radical (unpaired) electrons. The normalized spacial score (nSPS) is 17.2. The maximum absolute atomic E-state index is 12.1. The van der Waals surface area contributed by atoms with Crippen LogP contribution >= 0.6 is 0 Å². The van der Waals surface area contributed by atoms with Gasteiger partial charge in [-0.2, -0.15) is 0 Å². The van der Waals surface area contributed by atoms with Gasteiger partial charge in [0.15, 0.2) is 0 Å². The quantitative estimate of drug-likeness (QED) is 0.912. The van der Waals surface area contributed by atoms with Gasteiger partial charge in [0.25, 0.3) is 0 Å². The van der Waals surface area contributed by atoms with Crippen molar-refractivity contribution in [1.82, 2.24) is 0 Å². The number of carbonyl (C=O) groups is 1. The number of hydrogen-bond donors (Lipinski definition) is 2. The molecule has 0 aromatic heterocycles. The van der Waals surface area contributed by atoms with Crippen molar-refractivity contribution in [3.63, 3.8) is 0 Å². The summed E-state index contributed by atoms with van der Waals surface area (Å²) in [6.45, 7) is 0. The molecule has 0 fully saturated rings. The van der Waals surface area contributed by atoms with Crippen molar-refractivity contribution >= 4 is 27.3 Å². The Bertz CT molecular complexity index is 798. The van der Waals surface area contributed by atoms with Crippen molar-refractivity contribution in [1.29, 1.82) is 0 Å². The van der Waals surface area contributed by atoms with Gasteiger partial charge in [0.05, 0.1) is 12.2 Å². The second kappa shape index (κ2) is 4.89. The molecular formula is C15H14N2O3S. The lowest BCUT2D eigenvalue weighted by Gasteiger charge is -2.10. The number of anilines is 2. The molecule has 21 heavy (non-hydrogen) atoms. The van der Waals surface area contributed by atoms with Crippen LogP contribution in [0.5, 0.6) is 0 Å². The van der Waals surface area contributed by atoms with Crippen LogP contribution in [0.3, 0.4) is 0 Å². The molecule has 2 N–H and O–H groups in total. The van der Waals surface area contributed by atoms with E-state index in [4.69, 9.17) is 0 Å². The molecule has 6 heteroatoms. The van der Waals surface area contributed by atoms with Crippen LogP contribution in [0.1, 0.15) is 17.0 Å². The fourth-order valence-corrected chi connectivity index (χ4v) is 3.06. The summed E-state index contributed by atoms with van der Waals surface area (Å²) in [4.78, 5) is 12.1. The largest absolute Gasteiger partial charge is 0.325 e. The zero-order valence-electron chi connectivity index (χ0n) is 11.3. The predicted molar refractivity (Wildman–Crippen MR) is 81.8 cm³/mol. The average molecular weight is 302 g/mol. The number of hydrogen-bond acceptors (Lipinski definition) is 3. The molecule has 1 aliphatic rings. The van der Waals surface area contributed by atoms with Gasteiger partial charge >= 0.3 is 0 Å². The van der Waals surface area contributed by atoms with Crippen LogP contribution in [0.25, 0.3) is 0 Å². The summed E-state index contributed by atoms with van der Waals surface area (Å²) in [6, 6.07) is 14.4.